The van der Waals surface area contributed by atoms with Gasteiger partial charge in [0, 0.05) is 11.4 Å². The van der Waals surface area contributed by atoms with E-state index in [0.717, 1.165) is 11.4 Å². The van der Waals surface area contributed by atoms with E-state index in [-0.39, 0.29) is 7.43 Å². The van der Waals surface area contributed by atoms with Gasteiger partial charge in [-0.05, 0) is 58.9 Å². The predicted molar refractivity (Wildman–Crippen MR) is 171 cm³/mol. The Morgan fingerprint density at radius 1 is 0.872 bits per heavy atom. The molecule has 1 saturated carbocycles. The van der Waals surface area contributed by atoms with Crippen molar-refractivity contribution < 1.29 is 17.0 Å². The molecule has 6 heteroatoms. The normalized spacial score (nSPS) is 22.7. The van der Waals surface area contributed by atoms with Crippen molar-refractivity contribution in [2.75, 3.05) is 4.57 Å². The molecule has 2 nitrogen and oxygen atoms in total. The Balaban J connectivity index is 0.000000845. The Morgan fingerprint density at radius 3 is 1.97 bits per heavy atom. The van der Waals surface area contributed by atoms with Crippen LogP contribution in [-0.4, -0.2) is 8.24 Å². The van der Waals surface area contributed by atoms with Gasteiger partial charge >= 0.3 is 35.6 Å². The average molecular weight is 610 g/mol. The van der Waals surface area contributed by atoms with E-state index in [1.54, 1.807) is 0 Å². The third kappa shape index (κ3) is 5.72. The summed E-state index contributed by atoms with van der Waals surface area (Å²) in [6, 6.07) is 28.6. The van der Waals surface area contributed by atoms with Gasteiger partial charge in [0.15, 0.2) is 8.24 Å². The molecule has 1 fully saturated rings. The number of hydrogen-bond donors (Lipinski definition) is 0. The summed E-state index contributed by atoms with van der Waals surface area (Å²) in [5.41, 5.74) is 8.35. The Morgan fingerprint density at radius 2 is 1.41 bits per heavy atom. The third-order valence-electron chi connectivity index (χ3n) is 8.72. The van der Waals surface area contributed by atoms with Crippen LogP contribution in [0, 0.1) is 31.1 Å². The van der Waals surface area contributed by atoms with Gasteiger partial charge in [-0.15, -0.1) is 11.4 Å². The minimum atomic E-state index is -2.04. The van der Waals surface area contributed by atoms with E-state index >= 15 is 0 Å². The van der Waals surface area contributed by atoms with Crippen molar-refractivity contribution in [1.82, 2.24) is 0 Å². The molecule has 39 heavy (non-hydrogen) atoms. The Hall–Kier alpha value is -1.75. The standard InChI is InChI=1S/C32H35N2Si.CH3.2ClH.Ti/c1-22(2)26-21-27-24(23-13-6-5-7-14-23)15-12-16-25(27)32(26)35(3,4)34-30-19-10-8-17-28(30)33-29-18-9-11-20-31(29)34;;;;/h5-20,22,25-27,32H,21H2,1-4H3;1H3;2*1H;/q2*-1;;;+2/p-2/t25-,26-,27+,32?;;;;/m0..../s1. The molecule has 1 unspecified atom stereocenters. The molecule has 0 bridgehead atoms. The summed E-state index contributed by atoms with van der Waals surface area (Å²) in [5, 5.41) is 5.04. The van der Waals surface area contributed by atoms with E-state index in [0.29, 0.717) is 29.2 Å². The van der Waals surface area contributed by atoms with Crippen molar-refractivity contribution in [3.8, 4) is 0 Å². The van der Waals surface area contributed by atoms with Gasteiger partial charge in [-0.25, -0.2) is 0 Å². The molecular formula is C33H38Cl2N2SiTi-2. The number of rotatable bonds is 4. The molecule has 6 rings (SSSR count). The first-order valence-electron chi connectivity index (χ1n) is 13.5. The molecule has 0 spiro atoms. The second kappa shape index (κ2) is 12.8. The topological polar surface area (TPSA) is 17.3 Å². The van der Waals surface area contributed by atoms with Crippen molar-refractivity contribution in [1.29, 1.82) is 0 Å². The second-order valence-corrected chi connectivity index (χ2v) is 18.4. The van der Waals surface area contributed by atoms with Crippen molar-refractivity contribution in [3.05, 3.63) is 115 Å². The summed E-state index contributed by atoms with van der Waals surface area (Å²) in [7, 11) is 7.74. The zero-order valence-electron chi connectivity index (χ0n) is 23.5. The first-order valence-corrected chi connectivity index (χ1v) is 20.8. The van der Waals surface area contributed by atoms with Crippen LogP contribution in [0.3, 0.4) is 0 Å². The van der Waals surface area contributed by atoms with Gasteiger partial charge in [-0.3, -0.25) is 0 Å². The van der Waals surface area contributed by atoms with Crippen molar-refractivity contribution in [3.63, 3.8) is 0 Å². The third-order valence-corrected chi connectivity index (χ3v) is 12.8. The number of para-hydroxylation sites is 4. The van der Waals surface area contributed by atoms with Crippen LogP contribution >= 0.6 is 18.6 Å². The van der Waals surface area contributed by atoms with Crippen molar-refractivity contribution in [2.24, 2.45) is 23.7 Å². The summed E-state index contributed by atoms with van der Waals surface area (Å²) in [5.74, 6) is 2.51. The minimum absolute atomic E-state index is 0. The number of nitrogens with zero attached hydrogens (tertiary/aromatic N) is 2. The fourth-order valence-electron chi connectivity index (χ4n) is 7.28. The van der Waals surface area contributed by atoms with Crippen LogP contribution in [0.25, 0.3) is 10.9 Å². The second-order valence-electron chi connectivity index (χ2n) is 11.4. The molecule has 0 aromatic heterocycles. The predicted octanol–water partition coefficient (Wildman–Crippen LogP) is 11.4. The van der Waals surface area contributed by atoms with Gasteiger partial charge in [0.05, 0.1) is 0 Å². The maximum atomic E-state index is 5.04. The molecule has 1 aliphatic heterocycles. The van der Waals surface area contributed by atoms with Crippen LogP contribution in [0.5, 0.6) is 0 Å². The SMILES string of the molecule is CC(C)[C@@H]1C[C@@H]2C(c3ccccc3)=CC=C[C@@H]2C1[Si](C)(C)N1c2ccccc2[N-]c2ccccc21.[CH3-].[Cl][Ti][Cl]. The molecule has 3 aromatic carbocycles. The van der Waals surface area contributed by atoms with Crippen LogP contribution in [0.2, 0.25) is 18.6 Å². The zero-order valence-corrected chi connectivity index (χ0v) is 27.6. The number of anilines is 2. The number of hydrogen-bond acceptors (Lipinski definition) is 1. The zero-order chi connectivity index (χ0) is 26.9. The monoisotopic (exact) mass is 608 g/mol. The molecule has 3 aliphatic rings. The Bertz CT molecular complexity index is 1280. The molecular weight excluding hydrogens is 571 g/mol. The number of fused-ring (bicyclic) bond motifs is 3. The van der Waals surface area contributed by atoms with E-state index in [9.17, 15) is 0 Å². The van der Waals surface area contributed by atoms with Crippen LogP contribution in [-0.2, 0) is 17.0 Å². The average Bonchev–Trinajstić information content (AvgIpc) is 3.34. The van der Waals surface area contributed by atoms with E-state index in [1.165, 1.54) is 28.9 Å². The van der Waals surface area contributed by atoms with Crippen LogP contribution in [0.4, 0.5) is 22.7 Å². The quantitative estimate of drug-likeness (QED) is 0.213. The van der Waals surface area contributed by atoms with Crippen LogP contribution in [0.15, 0.2) is 97.1 Å². The number of halogens is 2. The van der Waals surface area contributed by atoms with Gasteiger partial charge in [-0.2, -0.15) is 0 Å². The summed E-state index contributed by atoms with van der Waals surface area (Å²) >= 11 is -0.556. The maximum absolute atomic E-state index is 5.04. The van der Waals surface area contributed by atoms with Gasteiger partial charge in [0.2, 0.25) is 0 Å². The fraction of sp³-hybridized carbons (Fsp3) is 0.303. The summed E-state index contributed by atoms with van der Waals surface area (Å²) in [6.07, 6.45) is 8.55. The molecule has 0 radical (unpaired) electrons. The summed E-state index contributed by atoms with van der Waals surface area (Å²) in [4.78, 5) is 0. The molecule has 4 atom stereocenters. The summed E-state index contributed by atoms with van der Waals surface area (Å²) in [6.45, 7) is 10.1. The molecule has 0 N–H and O–H groups in total. The van der Waals surface area contributed by atoms with E-state index in [1.807, 2.05) is 0 Å². The van der Waals surface area contributed by atoms with Gasteiger partial charge in [0.25, 0.3) is 0 Å². The first kappa shape index (κ1) is 30.2. The molecule has 2 aliphatic carbocycles. The Kier molecular flexibility index (Phi) is 9.94. The van der Waals surface area contributed by atoms with Gasteiger partial charge in [-0.1, -0.05) is 112 Å². The van der Waals surface area contributed by atoms with Gasteiger partial charge < -0.3 is 17.3 Å². The van der Waals surface area contributed by atoms with Gasteiger partial charge in [0.1, 0.15) is 0 Å². The van der Waals surface area contributed by atoms with Crippen LogP contribution < -0.4 is 4.57 Å². The molecule has 0 saturated heterocycles. The number of benzene rings is 3. The first-order chi connectivity index (χ1) is 18.4. The molecule has 1 heterocycles. The van der Waals surface area contributed by atoms with E-state index in [2.05, 4.69) is 129 Å². The molecule has 204 valence electrons. The van der Waals surface area contributed by atoms with E-state index < -0.39 is 25.3 Å². The Labute approximate surface area is 253 Å². The van der Waals surface area contributed by atoms with Crippen LogP contribution in [0.1, 0.15) is 25.8 Å². The fourth-order valence-corrected chi connectivity index (χ4v) is 12.1. The van der Waals surface area contributed by atoms with E-state index in [4.69, 9.17) is 23.9 Å². The van der Waals surface area contributed by atoms with Crippen molar-refractivity contribution in [2.45, 2.75) is 38.9 Å². The molecule has 3 aromatic rings. The molecule has 0 amide bonds. The van der Waals surface area contributed by atoms with Crippen molar-refractivity contribution >= 4 is 55.2 Å². The number of allylic oxidation sites excluding steroid dienone is 4. The summed E-state index contributed by atoms with van der Waals surface area (Å²) < 4.78 is 2.75.